The van der Waals surface area contributed by atoms with Crippen LogP contribution in [-0.4, -0.2) is 25.2 Å². The minimum absolute atomic E-state index is 0.0989. The third-order valence-electron chi connectivity index (χ3n) is 3.70. The molecule has 0 spiro atoms. The molecule has 1 heterocycles. The molecule has 0 radical (unpaired) electrons. The summed E-state index contributed by atoms with van der Waals surface area (Å²) in [6.45, 7) is 0.737. The first-order valence-electron chi connectivity index (χ1n) is 8.05. The third-order valence-corrected chi connectivity index (χ3v) is 4.25. The molecule has 138 valence electrons. The van der Waals surface area contributed by atoms with E-state index in [0.717, 1.165) is 0 Å². The number of nitrogens with one attached hydrogen (secondary N) is 2. The Bertz CT molecular complexity index is 925. The highest BCUT2D eigenvalue weighted by Crippen LogP contribution is 2.30. The summed E-state index contributed by atoms with van der Waals surface area (Å²) in [4.78, 5) is 12.2. The van der Waals surface area contributed by atoms with Gasteiger partial charge in [-0.1, -0.05) is 35.3 Å². The largest absolute Gasteiger partial charge is 0.486 e. The molecule has 0 aromatic heterocycles. The smallest absolute Gasteiger partial charge is 0.267 e. The van der Waals surface area contributed by atoms with E-state index in [9.17, 15) is 10.1 Å². The van der Waals surface area contributed by atoms with E-state index in [1.807, 2.05) is 30.3 Å². The number of anilines is 1. The Morgan fingerprint density at radius 3 is 2.78 bits per heavy atom. The van der Waals surface area contributed by atoms with Gasteiger partial charge >= 0.3 is 0 Å². The maximum atomic E-state index is 12.2. The highest BCUT2D eigenvalue weighted by atomic mass is 35.5. The lowest BCUT2D eigenvalue weighted by Crippen LogP contribution is -2.37. The number of amides is 1. The number of carbonyl (C=O) groups excluding carboxylic acids is 1. The summed E-state index contributed by atoms with van der Waals surface area (Å²) >= 11 is 11.8. The van der Waals surface area contributed by atoms with Crippen molar-refractivity contribution in [2.75, 3.05) is 18.5 Å². The summed E-state index contributed by atoms with van der Waals surface area (Å²) in [7, 11) is 0. The molecule has 1 amide bonds. The van der Waals surface area contributed by atoms with Gasteiger partial charge in [0.1, 0.15) is 24.4 Å². The van der Waals surface area contributed by atoms with E-state index < -0.39 is 5.91 Å². The monoisotopic (exact) mass is 403 g/mol. The predicted octanol–water partition coefficient (Wildman–Crippen LogP) is 3.77. The van der Waals surface area contributed by atoms with Crippen molar-refractivity contribution >= 4 is 34.8 Å². The minimum Gasteiger partial charge on any atom is -0.486 e. The van der Waals surface area contributed by atoms with E-state index in [0.29, 0.717) is 35.4 Å². The van der Waals surface area contributed by atoms with Crippen LogP contribution in [0.2, 0.25) is 10.0 Å². The zero-order valence-electron chi connectivity index (χ0n) is 14.0. The molecule has 1 aliphatic rings. The molecule has 2 aromatic carbocycles. The molecule has 1 unspecified atom stereocenters. The maximum absolute atomic E-state index is 12.2. The average Bonchev–Trinajstić information content (AvgIpc) is 2.67. The molecule has 2 aromatic rings. The zero-order valence-corrected chi connectivity index (χ0v) is 15.6. The van der Waals surface area contributed by atoms with Crippen LogP contribution in [0.15, 0.2) is 54.2 Å². The van der Waals surface area contributed by atoms with Crippen LogP contribution in [0.1, 0.15) is 0 Å². The summed E-state index contributed by atoms with van der Waals surface area (Å²) < 4.78 is 11.4. The van der Waals surface area contributed by atoms with Crippen LogP contribution in [0.5, 0.6) is 11.5 Å². The quantitative estimate of drug-likeness (QED) is 0.586. The first-order valence-corrected chi connectivity index (χ1v) is 8.81. The lowest BCUT2D eigenvalue weighted by molar-refractivity contribution is -0.112. The van der Waals surface area contributed by atoms with Gasteiger partial charge < -0.3 is 20.1 Å². The van der Waals surface area contributed by atoms with Crippen LogP contribution >= 0.6 is 23.2 Å². The summed E-state index contributed by atoms with van der Waals surface area (Å²) in [6, 6.07) is 13.9. The molecule has 3 rings (SSSR count). The lowest BCUT2D eigenvalue weighted by Gasteiger charge is -2.26. The second kappa shape index (κ2) is 8.67. The van der Waals surface area contributed by atoms with Crippen LogP contribution in [0.25, 0.3) is 0 Å². The molecule has 1 atom stereocenters. The van der Waals surface area contributed by atoms with E-state index in [1.165, 1.54) is 12.3 Å². The minimum atomic E-state index is -0.583. The van der Waals surface area contributed by atoms with Gasteiger partial charge in [0.15, 0.2) is 11.5 Å². The molecular weight excluding hydrogens is 389 g/mol. The van der Waals surface area contributed by atoms with Crippen molar-refractivity contribution in [3.63, 3.8) is 0 Å². The van der Waals surface area contributed by atoms with Crippen LogP contribution in [0.4, 0.5) is 5.69 Å². The number of rotatable bonds is 5. The lowest BCUT2D eigenvalue weighted by atomic mass is 10.2. The van der Waals surface area contributed by atoms with Crippen molar-refractivity contribution in [3.8, 4) is 17.6 Å². The SMILES string of the molecule is N#C/C(=C/NCC1COc2ccccc2O1)C(=O)Nc1ccc(Cl)cc1Cl. The van der Waals surface area contributed by atoms with E-state index in [-0.39, 0.29) is 16.7 Å². The topological polar surface area (TPSA) is 83.4 Å². The fourth-order valence-electron chi connectivity index (χ4n) is 2.39. The van der Waals surface area contributed by atoms with E-state index in [2.05, 4.69) is 10.6 Å². The van der Waals surface area contributed by atoms with Crippen molar-refractivity contribution in [1.82, 2.24) is 5.32 Å². The molecule has 0 aliphatic carbocycles. The fourth-order valence-corrected chi connectivity index (χ4v) is 2.84. The van der Waals surface area contributed by atoms with Gasteiger partial charge in [-0.05, 0) is 30.3 Å². The predicted molar refractivity (Wildman–Crippen MR) is 103 cm³/mol. The number of ether oxygens (including phenoxy) is 2. The van der Waals surface area contributed by atoms with Gasteiger partial charge in [0, 0.05) is 11.2 Å². The number of nitriles is 1. The second-order valence-electron chi connectivity index (χ2n) is 5.65. The molecule has 27 heavy (non-hydrogen) atoms. The van der Waals surface area contributed by atoms with Crippen LogP contribution < -0.4 is 20.1 Å². The van der Waals surface area contributed by atoms with Gasteiger partial charge in [-0.25, -0.2) is 0 Å². The Kier molecular flexibility index (Phi) is 6.07. The number of carbonyl (C=O) groups is 1. The molecule has 0 saturated heterocycles. The summed E-state index contributed by atoms with van der Waals surface area (Å²) in [5, 5.41) is 15.5. The number of hydrogen-bond acceptors (Lipinski definition) is 5. The van der Waals surface area contributed by atoms with Crippen LogP contribution in [0, 0.1) is 11.3 Å². The number of benzene rings is 2. The molecule has 0 saturated carbocycles. The van der Waals surface area contributed by atoms with Crippen molar-refractivity contribution < 1.29 is 14.3 Å². The van der Waals surface area contributed by atoms with Gasteiger partial charge in [-0.3, -0.25) is 4.79 Å². The van der Waals surface area contributed by atoms with Crippen molar-refractivity contribution in [1.29, 1.82) is 5.26 Å². The molecule has 0 fully saturated rings. The van der Waals surface area contributed by atoms with Crippen molar-refractivity contribution in [3.05, 3.63) is 64.3 Å². The first kappa shape index (κ1) is 18.9. The summed E-state index contributed by atoms with van der Waals surface area (Å²) in [6.07, 6.45) is 1.09. The van der Waals surface area contributed by atoms with E-state index >= 15 is 0 Å². The number of hydrogen-bond donors (Lipinski definition) is 2. The highest BCUT2D eigenvalue weighted by Gasteiger charge is 2.20. The summed E-state index contributed by atoms with van der Waals surface area (Å²) in [5.74, 6) is 0.775. The van der Waals surface area contributed by atoms with Gasteiger partial charge in [-0.2, -0.15) is 5.26 Å². The molecule has 8 heteroatoms. The third kappa shape index (κ3) is 4.85. The molecular formula is C19H15Cl2N3O3. The molecule has 1 aliphatic heterocycles. The summed E-state index contributed by atoms with van der Waals surface area (Å²) in [5.41, 5.74) is 0.269. The van der Waals surface area contributed by atoms with Crippen LogP contribution in [0.3, 0.4) is 0 Å². The first-order chi connectivity index (χ1) is 13.1. The standard InChI is InChI=1S/C19H15Cl2N3O3/c20-13-5-6-16(15(21)7-13)24-19(25)12(8-22)9-23-10-14-11-26-17-3-1-2-4-18(17)27-14/h1-7,9,14,23H,10-11H2,(H,24,25)/b12-9-. The number of halogens is 2. The Hall–Kier alpha value is -2.88. The van der Waals surface area contributed by atoms with E-state index in [1.54, 1.807) is 12.1 Å². The number of fused-ring (bicyclic) bond motifs is 1. The second-order valence-corrected chi connectivity index (χ2v) is 6.50. The normalized spacial score (nSPS) is 15.6. The highest BCUT2D eigenvalue weighted by molar-refractivity contribution is 6.36. The van der Waals surface area contributed by atoms with Gasteiger partial charge in [0.05, 0.1) is 17.3 Å². The fraction of sp³-hybridized carbons (Fsp3) is 0.158. The van der Waals surface area contributed by atoms with Gasteiger partial charge in [-0.15, -0.1) is 0 Å². The Morgan fingerprint density at radius 1 is 1.26 bits per heavy atom. The van der Waals surface area contributed by atoms with Gasteiger partial charge in [0.25, 0.3) is 5.91 Å². The van der Waals surface area contributed by atoms with Crippen molar-refractivity contribution in [2.45, 2.75) is 6.10 Å². The Labute approximate surface area is 166 Å². The van der Waals surface area contributed by atoms with Crippen LogP contribution in [-0.2, 0) is 4.79 Å². The average molecular weight is 404 g/mol. The van der Waals surface area contributed by atoms with Gasteiger partial charge in [0.2, 0.25) is 0 Å². The zero-order chi connectivity index (χ0) is 19.2. The molecule has 6 nitrogen and oxygen atoms in total. The number of nitrogens with zero attached hydrogens (tertiary/aromatic N) is 1. The number of para-hydroxylation sites is 2. The van der Waals surface area contributed by atoms with E-state index in [4.69, 9.17) is 32.7 Å². The molecule has 0 bridgehead atoms. The molecule has 2 N–H and O–H groups in total. The Morgan fingerprint density at radius 2 is 2.04 bits per heavy atom. The van der Waals surface area contributed by atoms with Crippen molar-refractivity contribution in [2.24, 2.45) is 0 Å². The Balaban J connectivity index is 1.57. The maximum Gasteiger partial charge on any atom is 0.267 e.